The monoisotopic (exact) mass is 143 g/mol. The van der Waals surface area contributed by atoms with E-state index in [2.05, 4.69) is 17.7 Å². The van der Waals surface area contributed by atoms with Gasteiger partial charge in [0.2, 0.25) is 0 Å². The molecule has 0 amide bonds. The summed E-state index contributed by atoms with van der Waals surface area (Å²) in [7, 11) is 7.70. The SMILES string of the molecule is [B]CO[Si](C)(C)N(C)C. The normalized spacial score (nSPS) is 12.6. The molecule has 0 heterocycles. The van der Waals surface area contributed by atoms with Crippen molar-refractivity contribution in [2.45, 2.75) is 13.1 Å². The van der Waals surface area contributed by atoms with E-state index >= 15 is 0 Å². The predicted molar refractivity (Wildman–Crippen MR) is 42.9 cm³/mol. The molecule has 0 aliphatic carbocycles. The van der Waals surface area contributed by atoms with Gasteiger partial charge in [0.1, 0.15) is 7.85 Å². The van der Waals surface area contributed by atoms with Crippen molar-refractivity contribution in [2.24, 2.45) is 0 Å². The Morgan fingerprint density at radius 1 is 1.44 bits per heavy atom. The first-order chi connectivity index (χ1) is 4.00. The molecule has 0 saturated carbocycles. The van der Waals surface area contributed by atoms with Gasteiger partial charge in [-0.3, -0.25) is 0 Å². The maximum absolute atomic E-state index is 5.33. The van der Waals surface area contributed by atoms with Gasteiger partial charge < -0.3 is 8.99 Å². The summed E-state index contributed by atoms with van der Waals surface area (Å²) in [6, 6.07) is 0. The van der Waals surface area contributed by atoms with Gasteiger partial charge in [0.15, 0.2) is 0 Å². The van der Waals surface area contributed by atoms with Gasteiger partial charge in [-0.15, -0.1) is 0 Å². The van der Waals surface area contributed by atoms with Gasteiger partial charge in [0.25, 0.3) is 8.48 Å². The lowest BCUT2D eigenvalue weighted by molar-refractivity contribution is 0.323. The number of nitrogens with zero attached hydrogens (tertiary/aromatic N) is 1. The fourth-order valence-electron chi connectivity index (χ4n) is 0.333. The first-order valence-corrected chi connectivity index (χ1v) is 5.87. The van der Waals surface area contributed by atoms with Crippen LogP contribution in [0.5, 0.6) is 0 Å². The minimum Gasteiger partial charge on any atom is -0.413 e. The third-order valence-corrected chi connectivity index (χ3v) is 4.54. The molecule has 52 valence electrons. The Labute approximate surface area is 59.8 Å². The average molecular weight is 143 g/mol. The number of rotatable bonds is 3. The van der Waals surface area contributed by atoms with E-state index in [0.29, 0.717) is 6.51 Å². The molecule has 0 aliphatic rings. The van der Waals surface area contributed by atoms with Gasteiger partial charge in [0.05, 0.1) is 0 Å². The summed E-state index contributed by atoms with van der Waals surface area (Å²) in [6.07, 6.45) is 0. The first kappa shape index (κ1) is 9.20. The topological polar surface area (TPSA) is 12.5 Å². The zero-order chi connectivity index (χ0) is 7.49. The first-order valence-electron chi connectivity index (χ1n) is 3.02. The Morgan fingerprint density at radius 2 is 1.89 bits per heavy atom. The van der Waals surface area contributed by atoms with Gasteiger partial charge in [-0.1, -0.05) is 0 Å². The van der Waals surface area contributed by atoms with Crippen molar-refractivity contribution in [3.05, 3.63) is 0 Å². The van der Waals surface area contributed by atoms with E-state index < -0.39 is 8.48 Å². The Hall–Kier alpha value is 0.202. The maximum atomic E-state index is 5.33. The molecule has 0 aromatic carbocycles. The van der Waals surface area contributed by atoms with E-state index in [0.717, 1.165) is 0 Å². The third kappa shape index (κ3) is 3.03. The van der Waals surface area contributed by atoms with Crippen LogP contribution >= 0.6 is 0 Å². The van der Waals surface area contributed by atoms with Crippen LogP contribution in [0.3, 0.4) is 0 Å². The highest BCUT2D eigenvalue weighted by molar-refractivity contribution is 6.68. The number of hydrogen-bond donors (Lipinski definition) is 0. The van der Waals surface area contributed by atoms with Crippen LogP contribution in [0, 0.1) is 0 Å². The molecule has 0 fully saturated rings. The minimum atomic E-state index is -1.57. The lowest BCUT2D eigenvalue weighted by Gasteiger charge is -2.28. The van der Waals surface area contributed by atoms with Crippen molar-refractivity contribution >= 4 is 16.3 Å². The van der Waals surface area contributed by atoms with E-state index in [4.69, 9.17) is 12.3 Å². The summed E-state index contributed by atoms with van der Waals surface area (Å²) in [5, 5.41) is 0. The molecule has 0 unspecified atom stereocenters. The summed E-state index contributed by atoms with van der Waals surface area (Å²) in [4.78, 5) is 0. The molecule has 0 aromatic rings. The molecule has 0 saturated heterocycles. The van der Waals surface area contributed by atoms with Crippen LogP contribution in [-0.4, -0.2) is 41.5 Å². The third-order valence-electron chi connectivity index (χ3n) is 1.51. The molecule has 2 radical (unpaired) electrons. The van der Waals surface area contributed by atoms with Crippen molar-refractivity contribution in [3.63, 3.8) is 0 Å². The van der Waals surface area contributed by atoms with E-state index in [-0.39, 0.29) is 0 Å². The lowest BCUT2D eigenvalue weighted by Crippen LogP contribution is -2.46. The van der Waals surface area contributed by atoms with Crippen molar-refractivity contribution in [1.82, 2.24) is 4.57 Å². The molecule has 9 heavy (non-hydrogen) atoms. The van der Waals surface area contributed by atoms with Crippen molar-refractivity contribution in [2.75, 3.05) is 20.6 Å². The standard InChI is InChI=1S/C5H14BNOSi/c1-7(2)9(3,4)8-5-6/h5H2,1-4H3. The summed E-state index contributed by atoms with van der Waals surface area (Å²) in [5.41, 5.74) is 0. The van der Waals surface area contributed by atoms with Crippen LogP contribution in [0.25, 0.3) is 0 Å². The van der Waals surface area contributed by atoms with Gasteiger partial charge in [-0.2, -0.15) is 0 Å². The smallest absolute Gasteiger partial charge is 0.263 e. The van der Waals surface area contributed by atoms with Crippen LogP contribution in [0.1, 0.15) is 0 Å². The van der Waals surface area contributed by atoms with Gasteiger partial charge in [-0.05, 0) is 33.7 Å². The molecule has 4 heteroatoms. The zero-order valence-electron chi connectivity index (χ0n) is 6.64. The van der Waals surface area contributed by atoms with Crippen LogP contribution in [0.2, 0.25) is 13.1 Å². The second-order valence-corrected chi connectivity index (χ2v) is 6.73. The van der Waals surface area contributed by atoms with Gasteiger partial charge in [-0.25, -0.2) is 0 Å². The van der Waals surface area contributed by atoms with Gasteiger partial charge in [0, 0.05) is 0 Å². The Bertz CT molecular complexity index is 87.0. The Morgan fingerprint density at radius 3 is 2.00 bits per heavy atom. The molecular weight excluding hydrogens is 129 g/mol. The second kappa shape index (κ2) is 3.39. The quantitative estimate of drug-likeness (QED) is 0.530. The highest BCUT2D eigenvalue weighted by Crippen LogP contribution is 2.04. The fraction of sp³-hybridized carbons (Fsp3) is 1.00. The van der Waals surface area contributed by atoms with Crippen molar-refractivity contribution in [3.8, 4) is 0 Å². The van der Waals surface area contributed by atoms with Crippen LogP contribution in [0.15, 0.2) is 0 Å². The van der Waals surface area contributed by atoms with E-state index in [1.165, 1.54) is 0 Å². The minimum absolute atomic E-state index is 0.331. The molecule has 0 atom stereocenters. The fourth-order valence-corrected chi connectivity index (χ4v) is 0.999. The molecule has 0 aliphatic heterocycles. The zero-order valence-corrected chi connectivity index (χ0v) is 7.64. The maximum Gasteiger partial charge on any atom is 0.263 e. The molecular formula is C5H14BNOSi. The highest BCUT2D eigenvalue weighted by Gasteiger charge is 2.24. The number of hydrogen-bond acceptors (Lipinski definition) is 2. The molecule has 0 N–H and O–H groups in total. The summed E-state index contributed by atoms with van der Waals surface area (Å²) in [5.74, 6) is 0. The average Bonchev–Trinajstić information content (AvgIpc) is 1.65. The molecule has 0 rings (SSSR count). The lowest BCUT2D eigenvalue weighted by atomic mass is 10.2. The van der Waals surface area contributed by atoms with E-state index in [1.807, 2.05) is 14.1 Å². The second-order valence-electron chi connectivity index (χ2n) is 2.65. The van der Waals surface area contributed by atoms with Gasteiger partial charge >= 0.3 is 0 Å². The summed E-state index contributed by atoms with van der Waals surface area (Å²) < 4.78 is 7.44. The van der Waals surface area contributed by atoms with Crippen LogP contribution in [-0.2, 0) is 4.43 Å². The van der Waals surface area contributed by atoms with E-state index in [9.17, 15) is 0 Å². The Balaban J connectivity index is 3.70. The van der Waals surface area contributed by atoms with Crippen molar-refractivity contribution in [1.29, 1.82) is 0 Å². The molecule has 0 spiro atoms. The largest absolute Gasteiger partial charge is 0.413 e. The summed E-state index contributed by atoms with van der Waals surface area (Å²) >= 11 is 0. The molecule has 0 aromatic heterocycles. The Kier molecular flexibility index (Phi) is 3.47. The van der Waals surface area contributed by atoms with E-state index in [1.54, 1.807) is 0 Å². The molecule has 2 nitrogen and oxygen atoms in total. The summed E-state index contributed by atoms with van der Waals surface area (Å²) in [6.45, 7) is 4.55. The van der Waals surface area contributed by atoms with Crippen LogP contribution < -0.4 is 0 Å². The van der Waals surface area contributed by atoms with Crippen LogP contribution in [0.4, 0.5) is 0 Å². The predicted octanol–water partition coefficient (Wildman–Crippen LogP) is 0.392. The van der Waals surface area contributed by atoms with Crippen molar-refractivity contribution < 1.29 is 4.43 Å². The highest BCUT2D eigenvalue weighted by atomic mass is 28.4. The molecule has 0 bridgehead atoms.